The summed E-state index contributed by atoms with van der Waals surface area (Å²) in [5.74, 6) is 0.700. The predicted octanol–water partition coefficient (Wildman–Crippen LogP) is 16.3. The molecule has 12 rings (SSSR count). The molecule has 3 heteroatoms. The molecule has 0 atom stereocenters. The molecule has 292 valence electrons. The van der Waals surface area contributed by atoms with Gasteiger partial charge in [-0.1, -0.05) is 196 Å². The third-order valence-corrected chi connectivity index (χ3v) is 14.2. The summed E-state index contributed by atoms with van der Waals surface area (Å²) >= 11 is 1.87. The van der Waals surface area contributed by atoms with E-state index in [0.717, 1.165) is 44.8 Å². The monoisotopic (exact) mass is 808 g/mol. The fraction of sp³-hybridized carbons (Fsp3) is 0.0508. The smallest absolute Gasteiger partial charge is 0.160 e. The number of aromatic nitrogens is 2. The van der Waals surface area contributed by atoms with Crippen molar-refractivity contribution in [2.45, 2.75) is 19.3 Å². The van der Waals surface area contributed by atoms with Gasteiger partial charge in [-0.25, -0.2) is 9.97 Å². The van der Waals surface area contributed by atoms with Crippen LogP contribution in [-0.2, 0) is 5.41 Å². The summed E-state index contributed by atoms with van der Waals surface area (Å²) in [7, 11) is 0. The normalized spacial score (nSPS) is 12.8. The van der Waals surface area contributed by atoms with E-state index in [4.69, 9.17) is 9.97 Å². The molecule has 1 aliphatic carbocycles. The first-order valence-electron chi connectivity index (χ1n) is 21.3. The molecule has 0 amide bonds. The van der Waals surface area contributed by atoms with Crippen LogP contribution in [0.3, 0.4) is 0 Å². The number of nitrogens with zero attached hydrogens (tertiary/aromatic N) is 2. The molecular weight excluding hydrogens is 769 g/mol. The van der Waals surface area contributed by atoms with E-state index in [9.17, 15) is 0 Å². The molecule has 9 aromatic carbocycles. The van der Waals surface area contributed by atoms with Gasteiger partial charge in [-0.05, 0) is 90.7 Å². The van der Waals surface area contributed by atoms with Gasteiger partial charge in [0.05, 0.1) is 11.4 Å². The van der Waals surface area contributed by atoms with Crippen LogP contribution >= 0.6 is 11.3 Å². The predicted molar refractivity (Wildman–Crippen MR) is 263 cm³/mol. The zero-order chi connectivity index (χ0) is 41.4. The van der Waals surface area contributed by atoms with Crippen LogP contribution < -0.4 is 0 Å². The van der Waals surface area contributed by atoms with E-state index in [-0.39, 0.29) is 5.41 Å². The van der Waals surface area contributed by atoms with Crippen LogP contribution in [0.4, 0.5) is 0 Å². The molecule has 2 nitrogen and oxygen atoms in total. The van der Waals surface area contributed by atoms with E-state index in [1.165, 1.54) is 69.9 Å². The number of thiophene rings is 1. The first-order chi connectivity index (χ1) is 30.5. The summed E-state index contributed by atoms with van der Waals surface area (Å²) in [6.45, 7) is 4.73. The van der Waals surface area contributed by atoms with Crippen LogP contribution in [-0.4, -0.2) is 9.97 Å². The van der Waals surface area contributed by atoms with Gasteiger partial charge in [0.15, 0.2) is 5.82 Å². The second kappa shape index (κ2) is 14.3. The molecule has 0 spiro atoms. The molecule has 0 bridgehead atoms. The maximum absolute atomic E-state index is 5.37. The van der Waals surface area contributed by atoms with Gasteiger partial charge in [0, 0.05) is 42.3 Å². The Morgan fingerprint density at radius 3 is 1.68 bits per heavy atom. The Hall–Kier alpha value is -7.46. The van der Waals surface area contributed by atoms with Gasteiger partial charge < -0.3 is 0 Å². The Morgan fingerprint density at radius 2 is 0.919 bits per heavy atom. The standard InChI is InChI=1S/C59H40N2S/c1-59(2)51-28-15-26-48(56(51)50-34-40-18-6-7-19-41(40)35-52(50)59)44-21-9-11-23-46(44)54-36-53(60-58(61-54)39-16-4-3-5-17-39)45-22-10-8-20-42(45)37-30-32-38(33-31-37)43-25-14-27-49-47-24-12-13-29-55(47)62-57(43)49/h3-36H,1-2H3. The van der Waals surface area contributed by atoms with Crippen LogP contribution in [0.5, 0.6) is 0 Å². The minimum absolute atomic E-state index is 0.143. The molecule has 11 aromatic rings. The lowest BCUT2D eigenvalue weighted by Crippen LogP contribution is -2.14. The number of hydrogen-bond acceptors (Lipinski definition) is 3. The summed E-state index contributed by atoms with van der Waals surface area (Å²) in [5.41, 5.74) is 17.2. The molecule has 0 saturated heterocycles. The zero-order valence-electron chi connectivity index (χ0n) is 34.4. The minimum Gasteiger partial charge on any atom is -0.228 e. The lowest BCUT2D eigenvalue weighted by molar-refractivity contribution is 0.661. The molecule has 2 heterocycles. The van der Waals surface area contributed by atoms with Gasteiger partial charge in [-0.3, -0.25) is 0 Å². The summed E-state index contributed by atoms with van der Waals surface area (Å²) in [5, 5.41) is 5.16. The Labute approximate surface area is 365 Å². The van der Waals surface area contributed by atoms with Crippen LogP contribution in [0.25, 0.3) is 109 Å². The quantitative estimate of drug-likeness (QED) is 0.167. The van der Waals surface area contributed by atoms with E-state index in [1.54, 1.807) is 0 Å². The lowest BCUT2D eigenvalue weighted by Gasteiger charge is -2.22. The second-order valence-corrected chi connectivity index (χ2v) is 17.9. The number of rotatable bonds is 6. The van der Waals surface area contributed by atoms with Gasteiger partial charge in [-0.15, -0.1) is 11.3 Å². The Balaban J connectivity index is 1.00. The highest BCUT2D eigenvalue weighted by Gasteiger charge is 2.37. The first kappa shape index (κ1) is 36.4. The molecule has 0 unspecified atom stereocenters. The van der Waals surface area contributed by atoms with E-state index in [1.807, 2.05) is 17.4 Å². The fourth-order valence-electron chi connectivity index (χ4n) is 9.84. The highest BCUT2D eigenvalue weighted by molar-refractivity contribution is 7.26. The van der Waals surface area contributed by atoms with Crippen LogP contribution in [0, 0.1) is 0 Å². The molecular formula is C59H40N2S. The van der Waals surface area contributed by atoms with Crippen molar-refractivity contribution in [2.24, 2.45) is 0 Å². The van der Waals surface area contributed by atoms with Crippen molar-refractivity contribution < 1.29 is 0 Å². The van der Waals surface area contributed by atoms with Crippen molar-refractivity contribution >= 4 is 42.3 Å². The van der Waals surface area contributed by atoms with Gasteiger partial charge in [0.1, 0.15) is 0 Å². The minimum atomic E-state index is -0.143. The molecule has 0 saturated carbocycles. The maximum atomic E-state index is 5.37. The maximum Gasteiger partial charge on any atom is 0.160 e. The van der Waals surface area contributed by atoms with Crippen molar-refractivity contribution in [3.63, 3.8) is 0 Å². The van der Waals surface area contributed by atoms with Gasteiger partial charge >= 0.3 is 0 Å². The second-order valence-electron chi connectivity index (χ2n) is 16.9. The van der Waals surface area contributed by atoms with Crippen molar-refractivity contribution in [2.75, 3.05) is 0 Å². The molecule has 1 aliphatic rings. The fourth-order valence-corrected chi connectivity index (χ4v) is 11.1. The van der Waals surface area contributed by atoms with Crippen molar-refractivity contribution in [1.29, 1.82) is 0 Å². The highest BCUT2D eigenvalue weighted by atomic mass is 32.1. The molecule has 62 heavy (non-hydrogen) atoms. The largest absolute Gasteiger partial charge is 0.228 e. The van der Waals surface area contributed by atoms with Gasteiger partial charge in [-0.2, -0.15) is 0 Å². The van der Waals surface area contributed by atoms with Crippen molar-refractivity contribution in [1.82, 2.24) is 9.97 Å². The average molecular weight is 809 g/mol. The third-order valence-electron chi connectivity index (χ3n) is 12.9. The molecule has 0 fully saturated rings. The first-order valence-corrected chi connectivity index (χ1v) is 22.1. The summed E-state index contributed by atoms with van der Waals surface area (Å²) in [6, 6.07) is 74.7. The molecule has 0 aliphatic heterocycles. The Morgan fingerprint density at radius 1 is 0.371 bits per heavy atom. The molecule has 2 aromatic heterocycles. The van der Waals surface area contributed by atoms with Gasteiger partial charge in [0.25, 0.3) is 0 Å². The summed E-state index contributed by atoms with van der Waals surface area (Å²) in [6.07, 6.45) is 0. The van der Waals surface area contributed by atoms with Crippen LogP contribution in [0.1, 0.15) is 25.0 Å². The molecule has 0 N–H and O–H groups in total. The van der Waals surface area contributed by atoms with Crippen molar-refractivity contribution in [3.05, 3.63) is 217 Å². The SMILES string of the molecule is CC1(C)c2cc3ccccc3cc2-c2c(-c3ccccc3-c3cc(-c4ccccc4-c4ccc(-c5cccc6c5sc5ccccc56)cc4)nc(-c4ccccc4)n3)cccc21. The third kappa shape index (κ3) is 5.84. The number of fused-ring (bicyclic) bond motifs is 7. The Bertz CT molecular complexity index is 3540. The van der Waals surface area contributed by atoms with E-state index in [2.05, 4.69) is 214 Å². The van der Waals surface area contributed by atoms with E-state index in [0.29, 0.717) is 5.82 Å². The summed E-state index contributed by atoms with van der Waals surface area (Å²) in [4.78, 5) is 10.7. The van der Waals surface area contributed by atoms with Crippen LogP contribution in [0.2, 0.25) is 0 Å². The topological polar surface area (TPSA) is 25.8 Å². The lowest BCUT2D eigenvalue weighted by atomic mass is 9.81. The highest BCUT2D eigenvalue weighted by Crippen LogP contribution is 2.54. The molecule has 0 radical (unpaired) electrons. The summed E-state index contributed by atoms with van der Waals surface area (Å²) < 4.78 is 2.64. The Kier molecular flexibility index (Phi) is 8.41. The van der Waals surface area contributed by atoms with E-state index < -0.39 is 0 Å². The van der Waals surface area contributed by atoms with Crippen LogP contribution in [0.15, 0.2) is 206 Å². The zero-order valence-corrected chi connectivity index (χ0v) is 35.2. The van der Waals surface area contributed by atoms with E-state index >= 15 is 0 Å². The van der Waals surface area contributed by atoms with Crippen molar-refractivity contribution in [3.8, 4) is 78.4 Å². The number of benzene rings is 9. The average Bonchev–Trinajstić information content (AvgIpc) is 3.82. The van der Waals surface area contributed by atoms with Gasteiger partial charge in [0.2, 0.25) is 0 Å². The number of hydrogen-bond donors (Lipinski definition) is 0.